The molecule has 0 radical (unpaired) electrons. The lowest BCUT2D eigenvalue weighted by Gasteiger charge is -2.12. The van der Waals surface area contributed by atoms with E-state index in [4.69, 9.17) is 23.2 Å². The van der Waals surface area contributed by atoms with Crippen molar-refractivity contribution in [1.29, 1.82) is 0 Å². The number of carboxylic acid groups (broad SMARTS) is 1. The van der Waals surface area contributed by atoms with E-state index in [9.17, 15) is 9.90 Å². The van der Waals surface area contributed by atoms with Gasteiger partial charge in [-0.25, -0.2) is 9.78 Å². The third kappa shape index (κ3) is 3.59. The fourth-order valence-electron chi connectivity index (χ4n) is 2.80. The minimum atomic E-state index is -1.03. The number of hydrogen-bond donors (Lipinski definition) is 1. The van der Waals surface area contributed by atoms with Gasteiger partial charge in [0.2, 0.25) is 0 Å². The van der Waals surface area contributed by atoms with Crippen LogP contribution in [-0.4, -0.2) is 25.6 Å². The Balaban J connectivity index is 2.23. The first-order chi connectivity index (χ1) is 12.4. The van der Waals surface area contributed by atoms with Gasteiger partial charge in [0.05, 0.1) is 12.2 Å². The maximum atomic E-state index is 12.0. The van der Waals surface area contributed by atoms with E-state index in [2.05, 4.69) is 9.97 Å². The molecule has 0 amide bonds. The lowest BCUT2D eigenvalue weighted by molar-refractivity contribution is 0.0684. The first-order valence-electron chi connectivity index (χ1n) is 8.06. The predicted molar refractivity (Wildman–Crippen MR) is 102 cm³/mol. The molecule has 0 spiro atoms. The molecule has 0 saturated heterocycles. The first kappa shape index (κ1) is 18.4. The van der Waals surface area contributed by atoms with Crippen molar-refractivity contribution in [2.45, 2.75) is 26.3 Å². The Morgan fingerprint density at radius 2 is 2.04 bits per heavy atom. The first-order valence-corrected chi connectivity index (χ1v) is 8.82. The van der Waals surface area contributed by atoms with Crippen LogP contribution < -0.4 is 0 Å². The molecular weight excluding hydrogens is 373 g/mol. The minimum Gasteiger partial charge on any atom is -0.477 e. The number of rotatable bonds is 5. The van der Waals surface area contributed by atoms with Crippen LogP contribution in [0.15, 0.2) is 42.7 Å². The summed E-state index contributed by atoms with van der Waals surface area (Å²) < 4.78 is 1.66. The fraction of sp³-hybridized carbons (Fsp3) is 0.211. The molecule has 0 aliphatic heterocycles. The molecular formula is C19H17Cl2N3O2. The highest BCUT2D eigenvalue weighted by Crippen LogP contribution is 2.30. The molecule has 0 aliphatic carbocycles. The zero-order chi connectivity index (χ0) is 18.8. The molecule has 0 fully saturated rings. The van der Waals surface area contributed by atoms with Gasteiger partial charge in [0.15, 0.2) is 5.69 Å². The molecule has 5 nitrogen and oxygen atoms in total. The monoisotopic (exact) mass is 389 g/mol. The highest BCUT2D eigenvalue weighted by Gasteiger charge is 2.25. The second-order valence-electron chi connectivity index (χ2n) is 6.19. The second kappa shape index (κ2) is 7.48. The molecule has 2 aromatic heterocycles. The standard InChI is InChI=1S/C19H17Cl2N3O2/c1-11(2)16-17(19(25)26)24(10-13-8-14(20)5-6-15(13)21)18(23-16)12-4-3-7-22-9-12/h3-9,11H,10H2,1-2H3,(H,25,26). The predicted octanol–water partition coefficient (Wildman–Crippen LogP) is 5.12. The maximum absolute atomic E-state index is 12.0. The topological polar surface area (TPSA) is 68.0 Å². The summed E-state index contributed by atoms with van der Waals surface area (Å²) in [6.07, 6.45) is 3.32. The van der Waals surface area contributed by atoms with Gasteiger partial charge >= 0.3 is 5.97 Å². The van der Waals surface area contributed by atoms with E-state index < -0.39 is 5.97 Å². The Morgan fingerprint density at radius 1 is 1.27 bits per heavy atom. The molecule has 1 aromatic carbocycles. The molecule has 1 N–H and O–H groups in total. The lowest BCUT2D eigenvalue weighted by atomic mass is 10.1. The van der Waals surface area contributed by atoms with Gasteiger partial charge in [-0.05, 0) is 41.8 Å². The van der Waals surface area contributed by atoms with Crippen LogP contribution in [-0.2, 0) is 6.54 Å². The van der Waals surface area contributed by atoms with E-state index in [0.29, 0.717) is 21.6 Å². The SMILES string of the molecule is CC(C)c1nc(-c2cccnc2)n(Cc2cc(Cl)ccc2Cl)c1C(=O)O. The molecule has 0 atom stereocenters. The fourth-order valence-corrected chi connectivity index (χ4v) is 3.18. The van der Waals surface area contributed by atoms with Crippen LogP contribution in [0.5, 0.6) is 0 Å². The van der Waals surface area contributed by atoms with E-state index in [1.165, 1.54) is 0 Å². The Labute approximate surface area is 161 Å². The number of halogens is 2. The number of imidazole rings is 1. The van der Waals surface area contributed by atoms with Gasteiger partial charge in [0.1, 0.15) is 5.82 Å². The number of aromatic carboxylic acids is 1. The van der Waals surface area contributed by atoms with Crippen molar-refractivity contribution in [3.8, 4) is 11.4 Å². The Kier molecular flexibility index (Phi) is 5.30. The van der Waals surface area contributed by atoms with E-state index in [1.54, 1.807) is 41.2 Å². The number of nitrogens with zero attached hydrogens (tertiary/aromatic N) is 3. The highest BCUT2D eigenvalue weighted by atomic mass is 35.5. The van der Waals surface area contributed by atoms with Crippen LogP contribution in [0.1, 0.15) is 41.5 Å². The van der Waals surface area contributed by atoms with Gasteiger partial charge in [-0.1, -0.05) is 37.0 Å². The van der Waals surface area contributed by atoms with Crippen molar-refractivity contribution >= 4 is 29.2 Å². The van der Waals surface area contributed by atoms with Gasteiger partial charge in [-0.2, -0.15) is 0 Å². The largest absolute Gasteiger partial charge is 0.477 e. The highest BCUT2D eigenvalue weighted by molar-refractivity contribution is 6.33. The number of aromatic nitrogens is 3. The number of pyridine rings is 1. The summed E-state index contributed by atoms with van der Waals surface area (Å²) in [6, 6.07) is 8.76. The molecule has 134 valence electrons. The molecule has 0 bridgehead atoms. The Hall–Kier alpha value is -2.37. The summed E-state index contributed by atoms with van der Waals surface area (Å²) in [5.74, 6) is -0.544. The van der Waals surface area contributed by atoms with Crippen LogP contribution in [0.25, 0.3) is 11.4 Å². The van der Waals surface area contributed by atoms with Gasteiger partial charge in [-0.3, -0.25) is 4.98 Å². The van der Waals surface area contributed by atoms with Crippen LogP contribution in [0.3, 0.4) is 0 Å². The summed E-state index contributed by atoms with van der Waals surface area (Å²) in [4.78, 5) is 20.7. The molecule has 7 heteroatoms. The van der Waals surface area contributed by atoms with E-state index in [-0.39, 0.29) is 18.2 Å². The van der Waals surface area contributed by atoms with Gasteiger partial charge in [0, 0.05) is 28.0 Å². The van der Waals surface area contributed by atoms with Gasteiger partial charge in [0.25, 0.3) is 0 Å². The number of benzene rings is 1. The third-order valence-corrected chi connectivity index (χ3v) is 4.60. The molecule has 0 unspecified atom stereocenters. The average molecular weight is 390 g/mol. The summed E-state index contributed by atoms with van der Waals surface area (Å²) in [5, 5.41) is 10.9. The zero-order valence-electron chi connectivity index (χ0n) is 14.3. The van der Waals surface area contributed by atoms with Crippen molar-refractivity contribution in [3.63, 3.8) is 0 Å². The van der Waals surface area contributed by atoms with Crippen molar-refractivity contribution < 1.29 is 9.90 Å². The molecule has 3 rings (SSSR count). The maximum Gasteiger partial charge on any atom is 0.354 e. The third-order valence-electron chi connectivity index (χ3n) is 4.00. The Bertz CT molecular complexity index is 953. The van der Waals surface area contributed by atoms with Gasteiger partial charge < -0.3 is 9.67 Å². The molecule has 0 aliphatic rings. The smallest absolute Gasteiger partial charge is 0.354 e. The van der Waals surface area contributed by atoms with Gasteiger partial charge in [-0.15, -0.1) is 0 Å². The van der Waals surface area contributed by atoms with E-state index in [1.807, 2.05) is 19.9 Å². The van der Waals surface area contributed by atoms with E-state index in [0.717, 1.165) is 11.1 Å². The van der Waals surface area contributed by atoms with Crippen LogP contribution in [0, 0.1) is 0 Å². The summed E-state index contributed by atoms with van der Waals surface area (Å²) in [6.45, 7) is 4.07. The summed E-state index contributed by atoms with van der Waals surface area (Å²) in [7, 11) is 0. The van der Waals surface area contributed by atoms with Crippen molar-refractivity contribution in [3.05, 3.63) is 69.7 Å². The Morgan fingerprint density at radius 3 is 2.65 bits per heavy atom. The van der Waals surface area contributed by atoms with Crippen LogP contribution in [0.4, 0.5) is 0 Å². The average Bonchev–Trinajstić information content (AvgIpc) is 2.99. The second-order valence-corrected chi connectivity index (χ2v) is 7.04. The minimum absolute atomic E-state index is 0.0485. The summed E-state index contributed by atoms with van der Waals surface area (Å²) >= 11 is 12.4. The molecule has 2 heterocycles. The zero-order valence-corrected chi connectivity index (χ0v) is 15.8. The van der Waals surface area contributed by atoms with E-state index >= 15 is 0 Å². The van der Waals surface area contributed by atoms with Crippen LogP contribution in [0.2, 0.25) is 10.0 Å². The summed E-state index contributed by atoms with van der Waals surface area (Å²) in [5.41, 5.74) is 2.13. The molecule has 0 saturated carbocycles. The molecule has 3 aromatic rings. The van der Waals surface area contributed by atoms with Crippen molar-refractivity contribution in [2.75, 3.05) is 0 Å². The van der Waals surface area contributed by atoms with Crippen LogP contribution >= 0.6 is 23.2 Å². The lowest BCUT2D eigenvalue weighted by Crippen LogP contribution is -2.13. The van der Waals surface area contributed by atoms with Crippen molar-refractivity contribution in [2.24, 2.45) is 0 Å². The normalized spacial score (nSPS) is 11.1. The van der Waals surface area contributed by atoms with Crippen molar-refractivity contribution in [1.82, 2.24) is 14.5 Å². The number of hydrogen-bond acceptors (Lipinski definition) is 3. The number of carboxylic acids is 1. The molecule has 26 heavy (non-hydrogen) atoms. The quantitative estimate of drug-likeness (QED) is 0.657. The number of carbonyl (C=O) groups is 1.